The first-order chi connectivity index (χ1) is 7.86. The van der Waals surface area contributed by atoms with E-state index >= 15 is 0 Å². The number of carbonyl (C=O) groups is 1. The summed E-state index contributed by atoms with van der Waals surface area (Å²) < 4.78 is 42.7. The summed E-state index contributed by atoms with van der Waals surface area (Å²) in [4.78, 5) is 11.3. The topological polar surface area (TPSA) is 52.3 Å². The van der Waals surface area contributed by atoms with Gasteiger partial charge in [-0.2, -0.15) is 13.2 Å². The average Bonchev–Trinajstić information content (AvgIpc) is 2.19. The summed E-state index contributed by atoms with van der Waals surface area (Å²) in [5.41, 5.74) is 5.53. The highest BCUT2D eigenvalue weighted by Gasteiger charge is 2.47. The molecular weight excluding hydrogens is 235 g/mol. The van der Waals surface area contributed by atoms with Gasteiger partial charge in [-0.05, 0) is 24.6 Å². The van der Waals surface area contributed by atoms with E-state index in [0.717, 1.165) is 0 Å². The Bertz CT molecular complexity index is 387. The molecule has 0 radical (unpaired) electrons. The Kier molecular flexibility index (Phi) is 3.98. The molecule has 0 spiro atoms. The summed E-state index contributed by atoms with van der Waals surface area (Å²) >= 11 is 0. The SMILES string of the molecule is CCOC(=O)C(c1ccc(N)cc1)C(F)(F)F. The van der Waals surface area contributed by atoms with Gasteiger partial charge in [-0.15, -0.1) is 0 Å². The zero-order chi connectivity index (χ0) is 13.1. The number of esters is 1. The quantitative estimate of drug-likeness (QED) is 0.659. The second-order valence-corrected chi connectivity index (χ2v) is 3.39. The van der Waals surface area contributed by atoms with E-state index in [4.69, 9.17) is 5.73 Å². The number of benzene rings is 1. The number of nitrogen functional groups attached to an aromatic ring is 1. The lowest BCUT2D eigenvalue weighted by atomic mass is 9.98. The molecule has 0 saturated heterocycles. The molecule has 0 aliphatic heterocycles. The molecular formula is C11H12F3NO2. The molecule has 0 bridgehead atoms. The summed E-state index contributed by atoms with van der Waals surface area (Å²) in [6.45, 7) is 1.36. The van der Waals surface area contributed by atoms with Gasteiger partial charge in [0.15, 0.2) is 5.92 Å². The number of anilines is 1. The molecule has 1 atom stereocenters. The molecule has 0 heterocycles. The fraction of sp³-hybridized carbons (Fsp3) is 0.364. The van der Waals surface area contributed by atoms with Crippen molar-refractivity contribution in [3.63, 3.8) is 0 Å². The molecule has 0 saturated carbocycles. The molecule has 2 N–H and O–H groups in total. The lowest BCUT2D eigenvalue weighted by Crippen LogP contribution is -2.30. The fourth-order valence-corrected chi connectivity index (χ4v) is 1.37. The van der Waals surface area contributed by atoms with Crippen LogP contribution in [0.1, 0.15) is 18.4 Å². The van der Waals surface area contributed by atoms with Crippen molar-refractivity contribution in [2.24, 2.45) is 0 Å². The number of halogens is 3. The summed E-state index contributed by atoms with van der Waals surface area (Å²) in [5.74, 6) is -3.56. The van der Waals surface area contributed by atoms with Crippen molar-refractivity contribution in [2.45, 2.75) is 19.0 Å². The van der Waals surface area contributed by atoms with E-state index in [0.29, 0.717) is 5.69 Å². The maximum absolute atomic E-state index is 12.7. The van der Waals surface area contributed by atoms with E-state index in [1.165, 1.54) is 31.2 Å². The first-order valence-electron chi connectivity index (χ1n) is 4.95. The second-order valence-electron chi connectivity index (χ2n) is 3.39. The Balaban J connectivity index is 3.07. The highest BCUT2D eigenvalue weighted by molar-refractivity contribution is 5.79. The Hall–Kier alpha value is -1.72. The van der Waals surface area contributed by atoms with Gasteiger partial charge >= 0.3 is 12.1 Å². The maximum atomic E-state index is 12.7. The third-order valence-electron chi connectivity index (χ3n) is 2.12. The molecule has 0 aliphatic carbocycles. The lowest BCUT2D eigenvalue weighted by Gasteiger charge is -2.19. The number of hydrogen-bond donors (Lipinski definition) is 1. The van der Waals surface area contributed by atoms with Gasteiger partial charge in [0.1, 0.15) is 0 Å². The van der Waals surface area contributed by atoms with Gasteiger partial charge in [0.25, 0.3) is 0 Å². The predicted molar refractivity (Wildman–Crippen MR) is 56.3 cm³/mol. The summed E-state index contributed by atoms with van der Waals surface area (Å²) in [6.07, 6.45) is -4.68. The lowest BCUT2D eigenvalue weighted by molar-refractivity contribution is -0.180. The molecule has 3 nitrogen and oxygen atoms in total. The first kappa shape index (κ1) is 13.3. The van der Waals surface area contributed by atoms with Crippen LogP contribution in [0, 0.1) is 0 Å². The molecule has 0 aliphatic rings. The van der Waals surface area contributed by atoms with E-state index in [1.807, 2.05) is 0 Å². The van der Waals surface area contributed by atoms with E-state index in [2.05, 4.69) is 4.74 Å². The minimum Gasteiger partial charge on any atom is -0.465 e. The van der Waals surface area contributed by atoms with Crippen LogP contribution in [0.25, 0.3) is 0 Å². The molecule has 0 amide bonds. The standard InChI is InChI=1S/C11H12F3NO2/c1-2-17-10(16)9(11(12,13)14)7-3-5-8(15)6-4-7/h3-6,9H,2,15H2,1H3. The third kappa shape index (κ3) is 3.37. The normalized spacial score (nSPS) is 13.2. The van der Waals surface area contributed by atoms with Crippen molar-refractivity contribution in [3.05, 3.63) is 29.8 Å². The van der Waals surface area contributed by atoms with Gasteiger partial charge in [-0.25, -0.2) is 0 Å². The number of hydrogen-bond acceptors (Lipinski definition) is 3. The summed E-state index contributed by atoms with van der Waals surface area (Å²) in [5, 5.41) is 0. The molecule has 1 aromatic carbocycles. The van der Waals surface area contributed by atoms with E-state index < -0.39 is 18.1 Å². The molecule has 1 unspecified atom stereocenters. The minimum absolute atomic E-state index is 0.0968. The van der Waals surface area contributed by atoms with Crippen LogP contribution in [0.4, 0.5) is 18.9 Å². The van der Waals surface area contributed by atoms with Gasteiger partial charge in [0, 0.05) is 5.69 Å². The van der Waals surface area contributed by atoms with E-state index in [-0.39, 0.29) is 12.2 Å². The number of ether oxygens (including phenoxy) is 1. The predicted octanol–water partition coefficient (Wildman–Crippen LogP) is 2.48. The zero-order valence-corrected chi connectivity index (χ0v) is 9.12. The largest absolute Gasteiger partial charge is 0.465 e. The van der Waals surface area contributed by atoms with Crippen LogP contribution in [0.2, 0.25) is 0 Å². The van der Waals surface area contributed by atoms with Crippen molar-refractivity contribution < 1.29 is 22.7 Å². The van der Waals surface area contributed by atoms with E-state index in [9.17, 15) is 18.0 Å². The van der Waals surface area contributed by atoms with Gasteiger partial charge in [-0.1, -0.05) is 12.1 Å². The molecule has 94 valence electrons. The number of carbonyl (C=O) groups excluding carboxylic acids is 1. The Morgan fingerprint density at radius 1 is 1.35 bits per heavy atom. The fourth-order valence-electron chi connectivity index (χ4n) is 1.37. The van der Waals surface area contributed by atoms with Gasteiger partial charge in [-0.3, -0.25) is 4.79 Å². The van der Waals surface area contributed by atoms with Crippen molar-refractivity contribution >= 4 is 11.7 Å². The summed E-state index contributed by atoms with van der Waals surface area (Å²) in [7, 11) is 0. The smallest absolute Gasteiger partial charge is 0.406 e. The van der Waals surface area contributed by atoms with Crippen molar-refractivity contribution in [1.29, 1.82) is 0 Å². The molecule has 6 heteroatoms. The highest BCUT2D eigenvalue weighted by atomic mass is 19.4. The van der Waals surface area contributed by atoms with Crippen LogP contribution in [0.15, 0.2) is 24.3 Å². The molecule has 1 rings (SSSR count). The summed E-state index contributed by atoms with van der Waals surface area (Å²) in [6, 6.07) is 4.97. The molecule has 0 fully saturated rings. The van der Waals surface area contributed by atoms with Gasteiger partial charge in [0.05, 0.1) is 6.61 Å². The van der Waals surface area contributed by atoms with Crippen LogP contribution >= 0.6 is 0 Å². The second kappa shape index (κ2) is 5.07. The third-order valence-corrected chi connectivity index (χ3v) is 2.12. The Labute approximate surface area is 96.4 Å². The Morgan fingerprint density at radius 3 is 2.29 bits per heavy atom. The van der Waals surface area contributed by atoms with Gasteiger partial charge in [0.2, 0.25) is 0 Å². The Morgan fingerprint density at radius 2 is 1.88 bits per heavy atom. The molecule has 17 heavy (non-hydrogen) atoms. The van der Waals surface area contributed by atoms with Crippen LogP contribution in [0.5, 0.6) is 0 Å². The van der Waals surface area contributed by atoms with Crippen LogP contribution in [-0.2, 0) is 9.53 Å². The van der Waals surface area contributed by atoms with Crippen LogP contribution in [-0.4, -0.2) is 18.8 Å². The monoisotopic (exact) mass is 247 g/mol. The van der Waals surface area contributed by atoms with E-state index in [1.54, 1.807) is 0 Å². The number of rotatable bonds is 3. The zero-order valence-electron chi connectivity index (χ0n) is 9.12. The highest BCUT2D eigenvalue weighted by Crippen LogP contribution is 2.36. The van der Waals surface area contributed by atoms with Crippen molar-refractivity contribution in [2.75, 3.05) is 12.3 Å². The molecule has 1 aromatic rings. The minimum atomic E-state index is -4.68. The van der Waals surface area contributed by atoms with Gasteiger partial charge < -0.3 is 10.5 Å². The number of alkyl halides is 3. The van der Waals surface area contributed by atoms with Crippen LogP contribution < -0.4 is 5.73 Å². The molecule has 0 aromatic heterocycles. The first-order valence-corrected chi connectivity index (χ1v) is 4.95. The van der Waals surface area contributed by atoms with Crippen molar-refractivity contribution in [3.8, 4) is 0 Å². The number of nitrogens with two attached hydrogens (primary N) is 1. The maximum Gasteiger partial charge on any atom is 0.406 e. The van der Waals surface area contributed by atoms with Crippen molar-refractivity contribution in [1.82, 2.24) is 0 Å². The average molecular weight is 247 g/mol. The van der Waals surface area contributed by atoms with Crippen LogP contribution in [0.3, 0.4) is 0 Å².